The van der Waals surface area contributed by atoms with Crippen molar-refractivity contribution in [2.24, 2.45) is 0 Å². The monoisotopic (exact) mass is 164 g/mol. The molecule has 10 heavy (non-hydrogen) atoms. The highest BCUT2D eigenvalue weighted by molar-refractivity contribution is 8.00. The van der Waals surface area contributed by atoms with Crippen molar-refractivity contribution in [2.75, 3.05) is 12.4 Å². The molecule has 0 aliphatic carbocycles. The summed E-state index contributed by atoms with van der Waals surface area (Å²) in [6, 6.07) is 0. The summed E-state index contributed by atoms with van der Waals surface area (Å²) in [7, 11) is 0. The zero-order valence-corrected chi connectivity index (χ0v) is 6.64. The van der Waals surface area contributed by atoms with Crippen LogP contribution in [0.5, 0.6) is 0 Å². The summed E-state index contributed by atoms with van der Waals surface area (Å²) in [5.41, 5.74) is -1.02. The highest BCUT2D eigenvalue weighted by Crippen LogP contribution is 2.34. The maximum absolute atomic E-state index is 9.38. The summed E-state index contributed by atoms with van der Waals surface area (Å²) < 4.78 is 0. The van der Waals surface area contributed by atoms with Crippen LogP contribution in [0.25, 0.3) is 0 Å². The van der Waals surface area contributed by atoms with E-state index in [1.165, 1.54) is 11.8 Å². The fourth-order valence-electron chi connectivity index (χ4n) is 1.01. The number of thioether (sulfide) groups is 1. The normalized spacial score (nSPS) is 48.0. The molecule has 1 aliphatic heterocycles. The van der Waals surface area contributed by atoms with Crippen LogP contribution in [0.15, 0.2) is 0 Å². The van der Waals surface area contributed by atoms with Gasteiger partial charge in [-0.15, -0.1) is 0 Å². The average Bonchev–Trinajstić information content (AvgIpc) is 2.10. The van der Waals surface area contributed by atoms with Crippen LogP contribution in [0.2, 0.25) is 0 Å². The Balaban J connectivity index is 2.58. The number of aliphatic hydroxyl groups excluding tert-OH is 2. The molecule has 0 amide bonds. The van der Waals surface area contributed by atoms with Gasteiger partial charge >= 0.3 is 0 Å². The second kappa shape index (κ2) is 2.70. The minimum atomic E-state index is -1.02. The Kier molecular flexibility index (Phi) is 2.24. The Morgan fingerprint density at radius 3 is 2.50 bits per heavy atom. The molecule has 3 atom stereocenters. The number of hydrogen-bond acceptors (Lipinski definition) is 4. The van der Waals surface area contributed by atoms with Gasteiger partial charge in [0.05, 0.1) is 23.6 Å². The highest BCUT2D eigenvalue weighted by Gasteiger charge is 2.43. The predicted octanol–water partition coefficient (Wildman–Crippen LogP) is -0.794. The van der Waals surface area contributed by atoms with E-state index in [0.717, 1.165) is 0 Å². The van der Waals surface area contributed by atoms with Crippen LogP contribution in [0.4, 0.5) is 0 Å². The Labute approximate surface area is 64.1 Å². The van der Waals surface area contributed by atoms with Gasteiger partial charge in [-0.1, -0.05) is 0 Å². The van der Waals surface area contributed by atoms with Crippen LogP contribution in [0, 0.1) is 0 Å². The third kappa shape index (κ3) is 1.29. The summed E-state index contributed by atoms with van der Waals surface area (Å²) in [5, 5.41) is 27.1. The minimum absolute atomic E-state index is 0.0675. The zero-order valence-electron chi connectivity index (χ0n) is 5.82. The molecule has 0 unspecified atom stereocenters. The average molecular weight is 164 g/mol. The van der Waals surface area contributed by atoms with Crippen molar-refractivity contribution in [3.05, 3.63) is 0 Å². The maximum atomic E-state index is 9.38. The molecule has 1 rings (SSSR count). The Morgan fingerprint density at radius 1 is 1.70 bits per heavy atom. The summed E-state index contributed by atoms with van der Waals surface area (Å²) in [4.78, 5) is 0. The van der Waals surface area contributed by atoms with E-state index >= 15 is 0 Å². The highest BCUT2D eigenvalue weighted by atomic mass is 32.2. The molecule has 60 valence electrons. The predicted molar refractivity (Wildman–Crippen MR) is 40.0 cm³/mol. The molecule has 0 saturated carbocycles. The van der Waals surface area contributed by atoms with Crippen LogP contribution in [-0.4, -0.2) is 44.6 Å². The molecular formula is C6H12O3S. The van der Waals surface area contributed by atoms with E-state index < -0.39 is 11.7 Å². The molecule has 0 spiro atoms. The number of aliphatic hydroxyl groups is 3. The lowest BCUT2D eigenvalue weighted by Crippen LogP contribution is -2.41. The van der Waals surface area contributed by atoms with Crippen LogP contribution in [0.3, 0.4) is 0 Å². The third-order valence-electron chi connectivity index (χ3n) is 1.76. The van der Waals surface area contributed by atoms with Gasteiger partial charge in [-0.05, 0) is 6.92 Å². The lowest BCUT2D eigenvalue weighted by atomic mass is 10.00. The summed E-state index contributed by atoms with van der Waals surface area (Å²) >= 11 is 1.41. The smallest absolute Gasteiger partial charge is 0.0979 e. The van der Waals surface area contributed by atoms with Crippen molar-refractivity contribution in [3.8, 4) is 0 Å². The van der Waals surface area contributed by atoms with Crippen molar-refractivity contribution >= 4 is 11.8 Å². The van der Waals surface area contributed by atoms with Gasteiger partial charge < -0.3 is 15.3 Å². The van der Waals surface area contributed by atoms with Gasteiger partial charge in [-0.3, -0.25) is 0 Å². The van der Waals surface area contributed by atoms with E-state index in [1.54, 1.807) is 6.92 Å². The standard InChI is InChI=1S/C6H12O3S/c1-6(9)3-10-4(2-7)5(6)8/h4-5,7-9H,2-3H2,1H3/t4-,5-,6+/m1/s1. The van der Waals surface area contributed by atoms with Crippen LogP contribution in [0.1, 0.15) is 6.92 Å². The second-order valence-electron chi connectivity index (χ2n) is 2.83. The lowest BCUT2D eigenvalue weighted by molar-refractivity contribution is -0.0408. The summed E-state index contributed by atoms with van der Waals surface area (Å²) in [5.74, 6) is 0.499. The zero-order chi connectivity index (χ0) is 7.78. The molecular weight excluding hydrogens is 152 g/mol. The van der Waals surface area contributed by atoms with Crippen molar-refractivity contribution in [2.45, 2.75) is 23.9 Å². The molecule has 4 heteroatoms. The molecule has 3 nitrogen and oxygen atoms in total. The quantitative estimate of drug-likeness (QED) is 0.475. The van der Waals surface area contributed by atoms with Crippen LogP contribution in [-0.2, 0) is 0 Å². The number of hydrogen-bond donors (Lipinski definition) is 3. The fourth-order valence-corrected chi connectivity index (χ4v) is 2.31. The first-order chi connectivity index (χ1) is 4.58. The topological polar surface area (TPSA) is 60.7 Å². The number of rotatable bonds is 1. The van der Waals surface area contributed by atoms with Crippen molar-refractivity contribution in [1.82, 2.24) is 0 Å². The molecule has 0 aromatic heterocycles. The van der Waals surface area contributed by atoms with E-state index in [4.69, 9.17) is 5.11 Å². The van der Waals surface area contributed by atoms with E-state index in [0.29, 0.717) is 5.75 Å². The Hall–Kier alpha value is 0.230. The summed E-state index contributed by atoms with van der Waals surface area (Å²) in [6.45, 7) is 1.52. The van der Waals surface area contributed by atoms with Crippen molar-refractivity contribution in [3.63, 3.8) is 0 Å². The van der Waals surface area contributed by atoms with Gasteiger partial charge in [0.2, 0.25) is 0 Å². The fraction of sp³-hybridized carbons (Fsp3) is 1.00. The SMILES string of the molecule is C[C@]1(O)CS[C@H](CO)[C@H]1O. The lowest BCUT2D eigenvalue weighted by Gasteiger charge is -2.21. The molecule has 1 aliphatic rings. The summed E-state index contributed by atoms with van der Waals surface area (Å²) in [6.07, 6.45) is -0.789. The van der Waals surface area contributed by atoms with E-state index in [2.05, 4.69) is 0 Å². The second-order valence-corrected chi connectivity index (χ2v) is 4.06. The Morgan fingerprint density at radius 2 is 2.30 bits per heavy atom. The van der Waals surface area contributed by atoms with E-state index in [9.17, 15) is 10.2 Å². The maximum Gasteiger partial charge on any atom is 0.0979 e. The first-order valence-electron chi connectivity index (χ1n) is 3.21. The first kappa shape index (κ1) is 8.33. The molecule has 0 aromatic rings. The van der Waals surface area contributed by atoms with Gasteiger partial charge in [-0.25, -0.2) is 0 Å². The van der Waals surface area contributed by atoms with Crippen LogP contribution >= 0.6 is 11.8 Å². The molecule has 3 N–H and O–H groups in total. The van der Waals surface area contributed by atoms with Crippen molar-refractivity contribution < 1.29 is 15.3 Å². The molecule has 1 saturated heterocycles. The van der Waals surface area contributed by atoms with Crippen molar-refractivity contribution in [1.29, 1.82) is 0 Å². The third-order valence-corrected chi connectivity index (χ3v) is 3.35. The van der Waals surface area contributed by atoms with Gasteiger partial charge in [0.1, 0.15) is 0 Å². The van der Waals surface area contributed by atoms with Gasteiger partial charge in [0, 0.05) is 5.75 Å². The molecule has 0 bridgehead atoms. The van der Waals surface area contributed by atoms with E-state index in [1.807, 2.05) is 0 Å². The van der Waals surface area contributed by atoms with Gasteiger partial charge in [-0.2, -0.15) is 11.8 Å². The molecule has 1 heterocycles. The molecule has 0 radical (unpaired) electrons. The molecule has 1 fully saturated rings. The Bertz CT molecular complexity index is 126. The first-order valence-corrected chi connectivity index (χ1v) is 4.25. The largest absolute Gasteiger partial charge is 0.395 e. The van der Waals surface area contributed by atoms with Gasteiger partial charge in [0.25, 0.3) is 0 Å². The van der Waals surface area contributed by atoms with Crippen LogP contribution < -0.4 is 0 Å². The van der Waals surface area contributed by atoms with E-state index in [-0.39, 0.29) is 11.9 Å². The van der Waals surface area contributed by atoms with Gasteiger partial charge in [0.15, 0.2) is 0 Å². The minimum Gasteiger partial charge on any atom is -0.395 e. The molecule has 0 aromatic carbocycles.